The molecule has 3 rings (SSSR count). The third kappa shape index (κ3) is 3.11. The first-order valence-electron chi connectivity index (χ1n) is 6.98. The summed E-state index contributed by atoms with van der Waals surface area (Å²) in [6.07, 6.45) is 0. The van der Waals surface area contributed by atoms with Crippen LogP contribution in [0.15, 0.2) is 28.7 Å². The molecule has 1 aliphatic rings. The molecular formula is C14H18ClN5O. The van der Waals surface area contributed by atoms with Crippen molar-refractivity contribution in [1.82, 2.24) is 10.2 Å². The standard InChI is InChI=1S/C14H18ClN5O/c1-10(16)13-17-18-14(21-13)20-7-5-19(6-8-20)12-4-2-3-11(15)9-12/h2-4,9-10H,5-8,16H2,1H3. The van der Waals surface area contributed by atoms with Gasteiger partial charge < -0.3 is 20.0 Å². The van der Waals surface area contributed by atoms with Crippen LogP contribution >= 0.6 is 11.6 Å². The zero-order chi connectivity index (χ0) is 14.8. The number of aromatic nitrogens is 2. The highest BCUT2D eigenvalue weighted by molar-refractivity contribution is 6.30. The van der Waals surface area contributed by atoms with Crippen LogP contribution in [-0.4, -0.2) is 36.4 Å². The van der Waals surface area contributed by atoms with E-state index in [0.717, 1.165) is 36.9 Å². The molecule has 0 aliphatic carbocycles. The molecule has 1 aromatic carbocycles. The quantitative estimate of drug-likeness (QED) is 0.936. The summed E-state index contributed by atoms with van der Waals surface area (Å²) in [5.41, 5.74) is 6.88. The number of nitrogens with two attached hydrogens (primary N) is 1. The van der Waals surface area contributed by atoms with Crippen LogP contribution in [0.25, 0.3) is 0 Å². The van der Waals surface area contributed by atoms with Gasteiger partial charge in [0.2, 0.25) is 5.89 Å². The normalized spacial score (nSPS) is 17.1. The van der Waals surface area contributed by atoms with Crippen LogP contribution in [0.5, 0.6) is 0 Å². The first kappa shape index (κ1) is 14.2. The number of benzene rings is 1. The zero-order valence-electron chi connectivity index (χ0n) is 11.9. The predicted octanol–water partition coefficient (Wildman–Crippen LogP) is 2.07. The van der Waals surface area contributed by atoms with Crippen LogP contribution in [0.1, 0.15) is 18.9 Å². The van der Waals surface area contributed by atoms with Crippen LogP contribution < -0.4 is 15.5 Å². The molecule has 1 atom stereocenters. The minimum absolute atomic E-state index is 0.237. The highest BCUT2D eigenvalue weighted by Crippen LogP contribution is 2.23. The molecule has 1 saturated heterocycles. The fourth-order valence-corrected chi connectivity index (χ4v) is 2.55. The van der Waals surface area contributed by atoms with Crippen LogP contribution in [0.3, 0.4) is 0 Å². The summed E-state index contributed by atoms with van der Waals surface area (Å²) in [5.74, 6) is 0.474. The molecule has 112 valence electrons. The van der Waals surface area contributed by atoms with Gasteiger partial charge in [-0.05, 0) is 25.1 Å². The van der Waals surface area contributed by atoms with Gasteiger partial charge in [-0.25, -0.2) is 0 Å². The second-order valence-electron chi connectivity index (χ2n) is 5.17. The molecular weight excluding hydrogens is 290 g/mol. The van der Waals surface area contributed by atoms with Crippen LogP contribution in [0.2, 0.25) is 5.02 Å². The molecule has 0 amide bonds. The van der Waals surface area contributed by atoms with E-state index in [9.17, 15) is 0 Å². The maximum atomic E-state index is 6.04. The largest absolute Gasteiger partial charge is 0.406 e. The Morgan fingerprint density at radius 2 is 1.90 bits per heavy atom. The topological polar surface area (TPSA) is 71.4 Å². The van der Waals surface area contributed by atoms with E-state index < -0.39 is 0 Å². The minimum Gasteiger partial charge on any atom is -0.406 e. The summed E-state index contributed by atoms with van der Waals surface area (Å²) in [5, 5.41) is 8.79. The predicted molar refractivity (Wildman–Crippen MR) is 82.8 cm³/mol. The number of anilines is 2. The lowest BCUT2D eigenvalue weighted by Crippen LogP contribution is -2.46. The number of piperazine rings is 1. The van der Waals surface area contributed by atoms with E-state index in [4.69, 9.17) is 21.8 Å². The SMILES string of the molecule is CC(N)c1nnc(N2CCN(c3cccc(Cl)c3)CC2)o1. The smallest absolute Gasteiger partial charge is 0.318 e. The van der Waals surface area contributed by atoms with Crippen molar-refractivity contribution in [3.63, 3.8) is 0 Å². The summed E-state index contributed by atoms with van der Waals surface area (Å²) in [7, 11) is 0. The fourth-order valence-electron chi connectivity index (χ4n) is 2.37. The molecule has 2 N–H and O–H groups in total. The molecule has 0 saturated carbocycles. The molecule has 1 aromatic heterocycles. The first-order valence-corrected chi connectivity index (χ1v) is 7.36. The maximum Gasteiger partial charge on any atom is 0.318 e. The number of hydrogen-bond acceptors (Lipinski definition) is 6. The Labute approximate surface area is 128 Å². The fraction of sp³-hybridized carbons (Fsp3) is 0.429. The molecule has 6 nitrogen and oxygen atoms in total. The van der Waals surface area contributed by atoms with Crippen LogP contribution in [-0.2, 0) is 0 Å². The van der Waals surface area contributed by atoms with E-state index in [1.807, 2.05) is 25.1 Å². The molecule has 0 bridgehead atoms. The summed E-state index contributed by atoms with van der Waals surface area (Å²) in [4.78, 5) is 4.38. The Bertz CT molecular complexity index is 607. The van der Waals surface area contributed by atoms with Gasteiger partial charge in [-0.3, -0.25) is 0 Å². The second-order valence-corrected chi connectivity index (χ2v) is 5.60. The molecule has 0 radical (unpaired) electrons. The van der Waals surface area contributed by atoms with E-state index in [1.165, 1.54) is 0 Å². The second kappa shape index (κ2) is 5.91. The highest BCUT2D eigenvalue weighted by atomic mass is 35.5. The van der Waals surface area contributed by atoms with E-state index in [2.05, 4.69) is 26.1 Å². The van der Waals surface area contributed by atoms with E-state index in [-0.39, 0.29) is 6.04 Å². The van der Waals surface area contributed by atoms with E-state index >= 15 is 0 Å². The van der Waals surface area contributed by atoms with Crippen molar-refractivity contribution in [2.24, 2.45) is 5.73 Å². The van der Waals surface area contributed by atoms with Crippen molar-refractivity contribution < 1.29 is 4.42 Å². The van der Waals surface area contributed by atoms with Crippen molar-refractivity contribution in [3.05, 3.63) is 35.2 Å². The van der Waals surface area contributed by atoms with Crippen LogP contribution in [0, 0.1) is 0 Å². The van der Waals surface area contributed by atoms with E-state index in [1.54, 1.807) is 0 Å². The summed E-state index contributed by atoms with van der Waals surface area (Å²) < 4.78 is 5.58. The van der Waals surface area contributed by atoms with Gasteiger partial charge >= 0.3 is 6.01 Å². The number of rotatable bonds is 3. The summed E-state index contributed by atoms with van der Waals surface area (Å²) >= 11 is 6.04. The Hall–Kier alpha value is -1.79. The lowest BCUT2D eigenvalue weighted by atomic mass is 10.2. The number of hydrogen-bond donors (Lipinski definition) is 1. The molecule has 21 heavy (non-hydrogen) atoms. The Morgan fingerprint density at radius 1 is 1.19 bits per heavy atom. The van der Waals surface area contributed by atoms with Gasteiger partial charge in [0.05, 0.1) is 6.04 Å². The van der Waals surface area contributed by atoms with Gasteiger partial charge in [-0.2, -0.15) is 0 Å². The number of nitrogens with zero attached hydrogens (tertiary/aromatic N) is 4. The van der Waals surface area contributed by atoms with Gasteiger partial charge in [-0.15, -0.1) is 5.10 Å². The maximum absolute atomic E-state index is 6.04. The van der Waals surface area contributed by atoms with Gasteiger partial charge in [0.25, 0.3) is 0 Å². The minimum atomic E-state index is -0.237. The molecule has 1 unspecified atom stereocenters. The molecule has 2 heterocycles. The van der Waals surface area contributed by atoms with Crippen molar-refractivity contribution in [2.45, 2.75) is 13.0 Å². The van der Waals surface area contributed by atoms with E-state index in [0.29, 0.717) is 11.9 Å². The lowest BCUT2D eigenvalue weighted by molar-refractivity contribution is 0.450. The molecule has 1 aliphatic heterocycles. The molecule has 2 aromatic rings. The van der Waals surface area contributed by atoms with Gasteiger partial charge in [0, 0.05) is 36.9 Å². The van der Waals surface area contributed by atoms with Crippen LogP contribution in [0.4, 0.5) is 11.7 Å². The van der Waals surface area contributed by atoms with Crippen molar-refractivity contribution in [2.75, 3.05) is 36.0 Å². The average Bonchev–Trinajstić information content (AvgIpc) is 2.97. The highest BCUT2D eigenvalue weighted by Gasteiger charge is 2.22. The Balaban J connectivity index is 1.64. The number of halogens is 1. The first-order chi connectivity index (χ1) is 10.1. The third-order valence-electron chi connectivity index (χ3n) is 3.54. The molecule has 0 spiro atoms. The lowest BCUT2D eigenvalue weighted by Gasteiger charge is -2.35. The van der Waals surface area contributed by atoms with Crippen molar-refractivity contribution >= 4 is 23.3 Å². The van der Waals surface area contributed by atoms with Crippen molar-refractivity contribution in [3.8, 4) is 0 Å². The van der Waals surface area contributed by atoms with Crippen molar-refractivity contribution in [1.29, 1.82) is 0 Å². The molecule has 1 fully saturated rings. The molecule has 7 heteroatoms. The zero-order valence-corrected chi connectivity index (χ0v) is 12.6. The Kier molecular flexibility index (Phi) is 3.98. The van der Waals surface area contributed by atoms with Gasteiger partial charge in [-0.1, -0.05) is 22.8 Å². The van der Waals surface area contributed by atoms with Gasteiger partial charge in [0.15, 0.2) is 0 Å². The summed E-state index contributed by atoms with van der Waals surface area (Å²) in [6, 6.07) is 8.22. The van der Waals surface area contributed by atoms with Gasteiger partial charge in [0.1, 0.15) is 0 Å². The monoisotopic (exact) mass is 307 g/mol. The third-order valence-corrected chi connectivity index (χ3v) is 3.78. The summed E-state index contributed by atoms with van der Waals surface area (Å²) in [6.45, 7) is 5.25. The Morgan fingerprint density at radius 3 is 2.52 bits per heavy atom. The average molecular weight is 308 g/mol.